The summed E-state index contributed by atoms with van der Waals surface area (Å²) in [7, 11) is 0. The Morgan fingerprint density at radius 1 is 1.00 bits per heavy atom. The van der Waals surface area contributed by atoms with Gasteiger partial charge in [-0.25, -0.2) is 19.3 Å². The summed E-state index contributed by atoms with van der Waals surface area (Å²) in [4.78, 5) is 15.8. The van der Waals surface area contributed by atoms with E-state index in [0.29, 0.717) is 24.1 Å². The number of nitrogens with one attached hydrogen (secondary N) is 1. The number of benzene rings is 2. The summed E-state index contributed by atoms with van der Waals surface area (Å²) in [6.07, 6.45) is 4.36. The van der Waals surface area contributed by atoms with Crippen molar-refractivity contribution in [2.75, 3.05) is 36.4 Å². The van der Waals surface area contributed by atoms with Crippen LogP contribution in [0.3, 0.4) is 0 Å². The van der Waals surface area contributed by atoms with Crippen molar-refractivity contribution in [2.24, 2.45) is 0 Å². The van der Waals surface area contributed by atoms with E-state index in [1.807, 2.05) is 30.3 Å². The van der Waals surface area contributed by atoms with Crippen LogP contribution in [0.1, 0.15) is 24.2 Å². The van der Waals surface area contributed by atoms with Gasteiger partial charge in [0.2, 0.25) is 5.95 Å². The van der Waals surface area contributed by atoms with Crippen molar-refractivity contribution in [3.05, 3.63) is 71.9 Å². The quantitative estimate of drug-likeness (QED) is 0.388. The Kier molecular flexibility index (Phi) is 6.27. The first kappa shape index (κ1) is 22.1. The standard InChI is InChI=1S/C25H29FN8/c26-18-7-5-17(6-8-18)16-34-22-4-2-1-3-21(22)31-25(34)30-19-9-12-33(13-10-19)14-11-23-29-15-20(27)24(28)32-23/h1-8,15,19H,9-14,16,27H2,(H,30,31)(H2,28,29,32). The van der Waals surface area contributed by atoms with E-state index in [9.17, 15) is 4.39 Å². The van der Waals surface area contributed by atoms with Gasteiger partial charge in [0.25, 0.3) is 0 Å². The summed E-state index contributed by atoms with van der Waals surface area (Å²) in [6, 6.07) is 15.1. The van der Waals surface area contributed by atoms with Crippen LogP contribution >= 0.6 is 0 Å². The van der Waals surface area contributed by atoms with Gasteiger partial charge in [-0.2, -0.15) is 0 Å². The van der Waals surface area contributed by atoms with Crippen LogP contribution in [-0.2, 0) is 13.0 Å². The predicted molar refractivity (Wildman–Crippen MR) is 133 cm³/mol. The molecule has 3 heterocycles. The highest BCUT2D eigenvalue weighted by Crippen LogP contribution is 2.24. The Morgan fingerprint density at radius 3 is 2.53 bits per heavy atom. The number of imidazole rings is 1. The fourth-order valence-electron chi connectivity index (χ4n) is 4.42. The van der Waals surface area contributed by atoms with Crippen LogP contribution in [-0.4, -0.2) is 50.1 Å². The molecule has 1 fully saturated rings. The largest absolute Gasteiger partial charge is 0.394 e. The van der Waals surface area contributed by atoms with Gasteiger partial charge in [-0.05, 0) is 42.7 Å². The number of rotatable bonds is 7. The molecular formula is C25H29FN8. The second kappa shape index (κ2) is 9.64. The van der Waals surface area contributed by atoms with Crippen LogP contribution in [0.25, 0.3) is 11.0 Å². The molecule has 0 unspecified atom stereocenters. The molecule has 5 N–H and O–H groups in total. The van der Waals surface area contributed by atoms with Gasteiger partial charge >= 0.3 is 0 Å². The topological polar surface area (TPSA) is 111 Å². The Bertz CT molecular complexity index is 1260. The number of nitrogens with zero attached hydrogens (tertiary/aromatic N) is 5. The summed E-state index contributed by atoms with van der Waals surface area (Å²) >= 11 is 0. The van der Waals surface area contributed by atoms with Crippen molar-refractivity contribution in [3.8, 4) is 0 Å². The van der Waals surface area contributed by atoms with E-state index in [1.165, 1.54) is 12.1 Å². The SMILES string of the molecule is Nc1cnc(CCN2CCC(Nc3nc4ccccc4n3Cc3ccc(F)cc3)CC2)nc1N. The molecule has 0 spiro atoms. The Hall–Kier alpha value is -3.72. The molecule has 1 aliphatic heterocycles. The number of para-hydroxylation sites is 2. The maximum absolute atomic E-state index is 13.4. The molecule has 0 bridgehead atoms. The number of nitrogen functional groups attached to an aromatic ring is 2. The second-order valence-electron chi connectivity index (χ2n) is 8.77. The van der Waals surface area contributed by atoms with Gasteiger partial charge < -0.3 is 26.3 Å². The molecule has 2 aromatic carbocycles. The first-order valence-electron chi connectivity index (χ1n) is 11.6. The molecule has 0 aliphatic carbocycles. The average Bonchev–Trinajstić information content (AvgIpc) is 3.19. The average molecular weight is 461 g/mol. The first-order valence-corrected chi connectivity index (χ1v) is 11.6. The smallest absolute Gasteiger partial charge is 0.204 e. The summed E-state index contributed by atoms with van der Waals surface area (Å²) in [5.74, 6) is 1.70. The van der Waals surface area contributed by atoms with E-state index in [1.54, 1.807) is 6.20 Å². The van der Waals surface area contributed by atoms with Crippen LogP contribution in [0.15, 0.2) is 54.7 Å². The fourth-order valence-corrected chi connectivity index (χ4v) is 4.42. The summed E-state index contributed by atoms with van der Waals surface area (Å²) in [6.45, 7) is 3.49. The van der Waals surface area contributed by atoms with Crippen LogP contribution < -0.4 is 16.8 Å². The Labute approximate surface area is 197 Å². The minimum Gasteiger partial charge on any atom is -0.394 e. The number of hydrogen-bond donors (Lipinski definition) is 3. The van der Waals surface area contributed by atoms with Crippen molar-refractivity contribution >= 4 is 28.5 Å². The highest BCUT2D eigenvalue weighted by molar-refractivity contribution is 5.78. The van der Waals surface area contributed by atoms with Crippen LogP contribution in [0, 0.1) is 5.82 Å². The van der Waals surface area contributed by atoms with Gasteiger partial charge in [0.15, 0.2) is 0 Å². The van der Waals surface area contributed by atoms with Gasteiger partial charge in [0.05, 0.1) is 29.5 Å². The molecule has 0 saturated carbocycles. The van der Waals surface area contributed by atoms with Gasteiger partial charge in [0.1, 0.15) is 17.5 Å². The van der Waals surface area contributed by atoms with E-state index in [4.69, 9.17) is 16.5 Å². The second-order valence-corrected chi connectivity index (χ2v) is 8.77. The number of likely N-dealkylation sites (tertiary alicyclic amines) is 1. The van der Waals surface area contributed by atoms with Gasteiger partial charge in [0, 0.05) is 32.1 Å². The van der Waals surface area contributed by atoms with Crippen LogP contribution in [0.4, 0.5) is 21.8 Å². The minimum absolute atomic E-state index is 0.226. The summed E-state index contributed by atoms with van der Waals surface area (Å²) in [5.41, 5.74) is 15.0. The first-order chi connectivity index (χ1) is 16.5. The lowest BCUT2D eigenvalue weighted by atomic mass is 10.1. The molecule has 176 valence electrons. The van der Waals surface area contributed by atoms with Gasteiger partial charge in [-0.15, -0.1) is 0 Å². The highest BCUT2D eigenvalue weighted by Gasteiger charge is 2.21. The van der Waals surface area contributed by atoms with Crippen molar-refractivity contribution in [1.82, 2.24) is 24.4 Å². The van der Waals surface area contributed by atoms with Crippen molar-refractivity contribution < 1.29 is 4.39 Å². The zero-order valence-electron chi connectivity index (χ0n) is 19.0. The molecular weight excluding hydrogens is 431 g/mol. The van der Waals surface area contributed by atoms with Crippen molar-refractivity contribution in [2.45, 2.75) is 31.8 Å². The number of fused-ring (bicyclic) bond motifs is 1. The third-order valence-electron chi connectivity index (χ3n) is 6.38. The predicted octanol–water partition coefficient (Wildman–Crippen LogP) is 3.30. The maximum Gasteiger partial charge on any atom is 0.204 e. The number of hydrogen-bond acceptors (Lipinski definition) is 7. The molecule has 1 aliphatic rings. The zero-order valence-corrected chi connectivity index (χ0v) is 19.0. The normalized spacial score (nSPS) is 15.1. The van der Waals surface area contributed by atoms with E-state index >= 15 is 0 Å². The minimum atomic E-state index is -0.226. The molecule has 2 aromatic heterocycles. The molecule has 0 radical (unpaired) electrons. The molecule has 0 atom stereocenters. The zero-order chi connectivity index (χ0) is 23.5. The van der Waals surface area contributed by atoms with Gasteiger partial charge in [-0.3, -0.25) is 0 Å². The fraction of sp³-hybridized carbons (Fsp3) is 0.320. The number of piperidine rings is 1. The third kappa shape index (κ3) is 4.94. The lowest BCUT2D eigenvalue weighted by molar-refractivity contribution is 0.220. The number of anilines is 3. The molecule has 1 saturated heterocycles. The Morgan fingerprint density at radius 2 is 1.76 bits per heavy atom. The monoisotopic (exact) mass is 460 g/mol. The van der Waals surface area contributed by atoms with E-state index < -0.39 is 0 Å². The maximum atomic E-state index is 13.4. The van der Waals surface area contributed by atoms with Crippen molar-refractivity contribution in [3.63, 3.8) is 0 Å². The highest BCUT2D eigenvalue weighted by atomic mass is 19.1. The third-order valence-corrected chi connectivity index (χ3v) is 6.38. The summed E-state index contributed by atoms with van der Waals surface area (Å²) < 4.78 is 15.5. The molecule has 34 heavy (non-hydrogen) atoms. The lowest BCUT2D eigenvalue weighted by Gasteiger charge is -2.32. The van der Waals surface area contributed by atoms with Crippen LogP contribution in [0.2, 0.25) is 0 Å². The van der Waals surface area contributed by atoms with E-state index in [0.717, 1.165) is 67.3 Å². The molecule has 9 heteroatoms. The molecule has 4 aromatic rings. The van der Waals surface area contributed by atoms with E-state index in [-0.39, 0.29) is 5.82 Å². The van der Waals surface area contributed by atoms with Crippen LogP contribution in [0.5, 0.6) is 0 Å². The summed E-state index contributed by atoms with van der Waals surface area (Å²) in [5, 5.41) is 3.67. The van der Waals surface area contributed by atoms with E-state index in [2.05, 4.69) is 30.8 Å². The van der Waals surface area contributed by atoms with Gasteiger partial charge in [-0.1, -0.05) is 24.3 Å². The number of halogens is 1. The molecule has 0 amide bonds. The Balaban J connectivity index is 1.22. The molecule has 8 nitrogen and oxygen atoms in total. The van der Waals surface area contributed by atoms with Crippen molar-refractivity contribution in [1.29, 1.82) is 0 Å². The number of aromatic nitrogens is 4. The molecule has 5 rings (SSSR count). The number of nitrogens with two attached hydrogens (primary N) is 2. The lowest BCUT2D eigenvalue weighted by Crippen LogP contribution is -2.40.